The van der Waals surface area contributed by atoms with Crippen LogP contribution in [0.5, 0.6) is 0 Å². The van der Waals surface area contributed by atoms with Gasteiger partial charge in [-0.2, -0.15) is 5.10 Å². The Kier molecular flexibility index (Phi) is 3.22. The van der Waals surface area contributed by atoms with Crippen molar-refractivity contribution in [3.8, 4) is 11.3 Å². The Morgan fingerprint density at radius 2 is 2.26 bits per heavy atom. The summed E-state index contributed by atoms with van der Waals surface area (Å²) >= 11 is 0. The van der Waals surface area contributed by atoms with Crippen LogP contribution < -0.4 is 5.32 Å². The molecule has 0 spiro atoms. The van der Waals surface area contributed by atoms with Gasteiger partial charge in [-0.3, -0.25) is 14.9 Å². The monoisotopic (exact) mass is 307 g/mol. The largest absolute Gasteiger partial charge is 0.364 e. The van der Waals surface area contributed by atoms with Crippen molar-refractivity contribution in [1.82, 2.24) is 20.2 Å². The number of H-pyrrole nitrogens is 2. The van der Waals surface area contributed by atoms with Crippen molar-refractivity contribution >= 4 is 11.7 Å². The Hall–Kier alpha value is -2.89. The van der Waals surface area contributed by atoms with Crippen LogP contribution in [0.25, 0.3) is 11.3 Å². The van der Waals surface area contributed by atoms with E-state index in [2.05, 4.69) is 31.5 Å². The maximum absolute atomic E-state index is 12.7. The molecule has 0 aromatic carbocycles. The zero-order valence-corrected chi connectivity index (χ0v) is 12.8. The van der Waals surface area contributed by atoms with Gasteiger partial charge in [-0.15, -0.1) is 0 Å². The van der Waals surface area contributed by atoms with Crippen molar-refractivity contribution < 1.29 is 4.79 Å². The first-order valence-electron chi connectivity index (χ1n) is 7.70. The van der Waals surface area contributed by atoms with Crippen molar-refractivity contribution in [2.75, 3.05) is 5.32 Å². The van der Waals surface area contributed by atoms with Gasteiger partial charge in [-0.25, -0.2) is 0 Å². The molecule has 0 saturated heterocycles. The molecule has 1 aliphatic carbocycles. The van der Waals surface area contributed by atoms with Crippen molar-refractivity contribution in [1.29, 1.82) is 0 Å². The van der Waals surface area contributed by atoms with E-state index in [9.17, 15) is 4.79 Å². The van der Waals surface area contributed by atoms with E-state index < -0.39 is 0 Å². The van der Waals surface area contributed by atoms with Crippen LogP contribution in [-0.4, -0.2) is 26.1 Å². The number of hydrogen-bond donors (Lipinski definition) is 3. The lowest BCUT2D eigenvalue weighted by Crippen LogP contribution is -2.13. The lowest BCUT2D eigenvalue weighted by molar-refractivity contribution is 0.102. The number of nitrogens with one attached hydrogen (secondary N) is 3. The van der Waals surface area contributed by atoms with Crippen LogP contribution in [0.15, 0.2) is 30.6 Å². The predicted octanol–water partition coefficient (Wildman–Crippen LogP) is 2.85. The van der Waals surface area contributed by atoms with Crippen LogP contribution in [0, 0.1) is 6.92 Å². The summed E-state index contributed by atoms with van der Waals surface area (Å²) < 4.78 is 0. The Morgan fingerprint density at radius 3 is 3.09 bits per heavy atom. The molecular formula is C17H17N5O. The number of pyridine rings is 1. The van der Waals surface area contributed by atoms with Crippen LogP contribution in [0.1, 0.15) is 33.7 Å². The van der Waals surface area contributed by atoms with E-state index in [4.69, 9.17) is 0 Å². The van der Waals surface area contributed by atoms with Gasteiger partial charge in [0.05, 0.1) is 11.3 Å². The summed E-state index contributed by atoms with van der Waals surface area (Å²) in [6.45, 7) is 1.89. The van der Waals surface area contributed by atoms with Crippen LogP contribution in [-0.2, 0) is 12.8 Å². The quantitative estimate of drug-likeness (QED) is 0.680. The van der Waals surface area contributed by atoms with Crippen LogP contribution in [0.2, 0.25) is 0 Å². The highest BCUT2D eigenvalue weighted by atomic mass is 16.1. The lowest BCUT2D eigenvalue weighted by Gasteiger charge is -2.07. The molecule has 116 valence electrons. The number of aromatic nitrogens is 4. The molecule has 1 amide bonds. The molecule has 3 aromatic heterocycles. The molecular weight excluding hydrogens is 290 g/mol. The molecule has 0 fully saturated rings. The molecule has 0 bridgehead atoms. The summed E-state index contributed by atoms with van der Waals surface area (Å²) in [7, 11) is 0. The number of amides is 1. The standard InChI is InChI=1S/C17H17N5O/c1-10-8-14(22-21-10)20-17(23)12-9-19-13-6-2-4-11-5-3-7-18-16(11)15(12)13/h3,5,7-9,19H,2,4,6H2,1H3,(H2,20,21,22,23). The summed E-state index contributed by atoms with van der Waals surface area (Å²) in [6.07, 6.45) is 6.49. The van der Waals surface area contributed by atoms with E-state index in [-0.39, 0.29) is 5.91 Å². The average Bonchev–Trinajstić information content (AvgIpc) is 3.10. The van der Waals surface area contributed by atoms with Crippen LogP contribution in [0.3, 0.4) is 0 Å². The molecule has 6 heteroatoms. The van der Waals surface area contributed by atoms with Gasteiger partial charge >= 0.3 is 0 Å². The summed E-state index contributed by atoms with van der Waals surface area (Å²) in [4.78, 5) is 20.4. The van der Waals surface area contributed by atoms with E-state index in [0.29, 0.717) is 11.4 Å². The molecule has 0 unspecified atom stereocenters. The fourth-order valence-corrected chi connectivity index (χ4v) is 3.10. The molecule has 3 heterocycles. The van der Waals surface area contributed by atoms with Gasteiger partial charge in [0.25, 0.3) is 5.91 Å². The molecule has 0 atom stereocenters. The topological polar surface area (TPSA) is 86.5 Å². The van der Waals surface area contributed by atoms with Gasteiger partial charge in [0.1, 0.15) is 0 Å². The highest BCUT2D eigenvalue weighted by Crippen LogP contribution is 2.33. The Bertz CT molecular complexity index is 877. The van der Waals surface area contributed by atoms with Crippen LogP contribution >= 0.6 is 0 Å². The number of hydrogen-bond acceptors (Lipinski definition) is 3. The number of aromatic amines is 2. The molecule has 0 aliphatic heterocycles. The Balaban J connectivity index is 1.75. The smallest absolute Gasteiger partial charge is 0.259 e. The minimum atomic E-state index is -0.174. The number of nitrogens with zero attached hydrogens (tertiary/aromatic N) is 2. The third-order valence-electron chi connectivity index (χ3n) is 4.15. The zero-order valence-electron chi connectivity index (χ0n) is 12.8. The first kappa shape index (κ1) is 13.8. The van der Waals surface area contributed by atoms with E-state index >= 15 is 0 Å². The second-order valence-electron chi connectivity index (χ2n) is 5.81. The third-order valence-corrected chi connectivity index (χ3v) is 4.15. The van der Waals surface area contributed by atoms with Gasteiger partial charge in [-0.05, 0) is 37.8 Å². The second-order valence-corrected chi connectivity index (χ2v) is 5.81. The van der Waals surface area contributed by atoms with Crippen molar-refractivity contribution in [3.05, 3.63) is 53.1 Å². The van der Waals surface area contributed by atoms with Crippen molar-refractivity contribution in [2.45, 2.75) is 26.2 Å². The van der Waals surface area contributed by atoms with Gasteiger partial charge in [0, 0.05) is 35.4 Å². The zero-order chi connectivity index (χ0) is 15.8. The number of rotatable bonds is 2. The first-order valence-corrected chi connectivity index (χ1v) is 7.70. The maximum atomic E-state index is 12.7. The van der Waals surface area contributed by atoms with Gasteiger partial charge in [0.2, 0.25) is 0 Å². The SMILES string of the molecule is Cc1cc(NC(=O)c2c[nH]c3c2-c2ncccc2CCC3)n[nH]1. The van der Waals surface area contributed by atoms with E-state index in [1.54, 1.807) is 18.5 Å². The van der Waals surface area contributed by atoms with Gasteiger partial charge < -0.3 is 10.3 Å². The number of anilines is 1. The van der Waals surface area contributed by atoms with E-state index in [1.165, 1.54) is 5.56 Å². The second kappa shape index (κ2) is 5.39. The van der Waals surface area contributed by atoms with Crippen molar-refractivity contribution in [2.24, 2.45) is 0 Å². The summed E-state index contributed by atoms with van der Waals surface area (Å²) in [5, 5.41) is 9.72. The Morgan fingerprint density at radius 1 is 1.35 bits per heavy atom. The fraction of sp³-hybridized carbons (Fsp3) is 0.235. The van der Waals surface area contributed by atoms with E-state index in [0.717, 1.165) is 41.9 Å². The number of aryl methyl sites for hydroxylation is 3. The highest BCUT2D eigenvalue weighted by molar-refractivity contribution is 6.08. The molecule has 0 radical (unpaired) electrons. The third kappa shape index (κ3) is 2.42. The van der Waals surface area contributed by atoms with Crippen molar-refractivity contribution in [3.63, 3.8) is 0 Å². The van der Waals surface area contributed by atoms with Gasteiger partial charge in [0.15, 0.2) is 5.82 Å². The number of carbonyl (C=O) groups is 1. The molecule has 0 saturated carbocycles. The van der Waals surface area contributed by atoms with Gasteiger partial charge in [-0.1, -0.05) is 6.07 Å². The summed E-state index contributed by atoms with van der Waals surface area (Å²) in [6, 6.07) is 5.83. The summed E-state index contributed by atoms with van der Waals surface area (Å²) in [5.41, 5.74) is 5.61. The molecule has 3 aromatic rings. The maximum Gasteiger partial charge on any atom is 0.259 e. The summed E-state index contributed by atoms with van der Waals surface area (Å²) in [5.74, 6) is 0.352. The molecule has 1 aliphatic rings. The number of fused-ring (bicyclic) bond motifs is 3. The minimum Gasteiger partial charge on any atom is -0.364 e. The highest BCUT2D eigenvalue weighted by Gasteiger charge is 2.24. The van der Waals surface area contributed by atoms with Crippen LogP contribution in [0.4, 0.5) is 5.82 Å². The average molecular weight is 307 g/mol. The fourth-order valence-electron chi connectivity index (χ4n) is 3.10. The molecule has 4 rings (SSSR count). The molecule has 3 N–H and O–H groups in total. The molecule has 6 nitrogen and oxygen atoms in total. The number of carbonyl (C=O) groups excluding carboxylic acids is 1. The predicted molar refractivity (Wildman–Crippen MR) is 87.3 cm³/mol. The molecule has 23 heavy (non-hydrogen) atoms. The minimum absolute atomic E-state index is 0.174. The van der Waals surface area contributed by atoms with E-state index in [1.807, 2.05) is 13.0 Å². The first-order chi connectivity index (χ1) is 11.2. The Labute approximate surface area is 133 Å². The lowest BCUT2D eigenvalue weighted by atomic mass is 10.0. The normalized spacial score (nSPS) is 13.1.